The summed E-state index contributed by atoms with van der Waals surface area (Å²) in [5.74, 6) is 0.866. The number of rotatable bonds is 5. The molecule has 0 aliphatic heterocycles. The molecular formula is C14H24IN3S. The Labute approximate surface area is 138 Å². The molecule has 1 aromatic rings. The molecule has 1 rings (SSSR count). The summed E-state index contributed by atoms with van der Waals surface area (Å²) in [7, 11) is 1.80. The molecule has 1 atom stereocenters. The lowest BCUT2D eigenvalue weighted by Gasteiger charge is -2.17. The maximum absolute atomic E-state index is 4.19. The van der Waals surface area contributed by atoms with Crippen LogP contribution in [0, 0.1) is 0 Å². The number of thioether (sulfide) groups is 1. The van der Waals surface area contributed by atoms with Gasteiger partial charge in [-0.3, -0.25) is 4.99 Å². The Morgan fingerprint density at radius 3 is 2.37 bits per heavy atom. The summed E-state index contributed by atoms with van der Waals surface area (Å²) < 4.78 is 0. The van der Waals surface area contributed by atoms with Crippen LogP contribution < -0.4 is 10.6 Å². The minimum atomic E-state index is 0. The third-order valence-corrected chi connectivity index (χ3v) is 3.40. The number of halogens is 1. The minimum absolute atomic E-state index is 0. The second kappa shape index (κ2) is 10.4. The van der Waals surface area contributed by atoms with Crippen LogP contribution in [0.15, 0.2) is 40.2 Å². The van der Waals surface area contributed by atoms with E-state index in [1.807, 2.05) is 17.8 Å². The van der Waals surface area contributed by atoms with Crippen LogP contribution in [-0.2, 0) is 0 Å². The molecule has 0 saturated carbocycles. The predicted molar refractivity (Wildman–Crippen MR) is 96.8 cm³/mol. The molecule has 0 aliphatic carbocycles. The zero-order chi connectivity index (χ0) is 13.4. The molecule has 0 amide bonds. The van der Waals surface area contributed by atoms with E-state index in [1.54, 1.807) is 7.05 Å². The van der Waals surface area contributed by atoms with Gasteiger partial charge in [-0.2, -0.15) is 0 Å². The van der Waals surface area contributed by atoms with E-state index < -0.39 is 0 Å². The van der Waals surface area contributed by atoms with Crippen LogP contribution in [0.25, 0.3) is 0 Å². The van der Waals surface area contributed by atoms with Crippen molar-refractivity contribution in [3.05, 3.63) is 30.3 Å². The standard InChI is InChI=1S/C14H23N3S.HI/c1-11(2)17-14(15-4)16-10-12(3)18-13-8-6-5-7-9-13;/h5-9,11-12H,10H2,1-4H3,(H2,15,16,17);1H. The summed E-state index contributed by atoms with van der Waals surface area (Å²) in [6.45, 7) is 7.32. The maximum atomic E-state index is 4.19. The second-order valence-corrected chi connectivity index (χ2v) is 6.01. The Hall–Kier alpha value is -0.430. The number of nitrogens with one attached hydrogen (secondary N) is 2. The van der Waals surface area contributed by atoms with Gasteiger partial charge in [0.05, 0.1) is 0 Å². The number of hydrogen-bond donors (Lipinski definition) is 2. The highest BCUT2D eigenvalue weighted by Gasteiger charge is 2.06. The fourth-order valence-electron chi connectivity index (χ4n) is 1.48. The molecule has 0 fully saturated rings. The molecule has 0 spiro atoms. The topological polar surface area (TPSA) is 36.4 Å². The number of nitrogens with zero attached hydrogens (tertiary/aromatic N) is 1. The third-order valence-electron chi connectivity index (χ3n) is 2.29. The summed E-state index contributed by atoms with van der Waals surface area (Å²) in [6.07, 6.45) is 0. The number of aliphatic imine (C=N–C) groups is 1. The van der Waals surface area contributed by atoms with Gasteiger partial charge in [-0.15, -0.1) is 35.7 Å². The molecule has 108 valence electrons. The highest BCUT2D eigenvalue weighted by molar-refractivity contribution is 14.0. The first kappa shape index (κ1) is 18.6. The van der Waals surface area contributed by atoms with Gasteiger partial charge in [0.2, 0.25) is 0 Å². The van der Waals surface area contributed by atoms with E-state index in [9.17, 15) is 0 Å². The van der Waals surface area contributed by atoms with E-state index in [1.165, 1.54) is 4.90 Å². The van der Waals surface area contributed by atoms with Crippen molar-refractivity contribution in [3.63, 3.8) is 0 Å². The van der Waals surface area contributed by atoms with E-state index in [2.05, 4.69) is 60.7 Å². The molecular weight excluding hydrogens is 369 g/mol. The Morgan fingerprint density at radius 2 is 1.84 bits per heavy atom. The van der Waals surface area contributed by atoms with Gasteiger partial charge in [-0.1, -0.05) is 25.1 Å². The SMILES string of the molecule is CN=C(NCC(C)Sc1ccccc1)NC(C)C.I. The van der Waals surface area contributed by atoms with Gasteiger partial charge in [-0.25, -0.2) is 0 Å². The molecule has 1 unspecified atom stereocenters. The largest absolute Gasteiger partial charge is 0.355 e. The van der Waals surface area contributed by atoms with E-state index in [-0.39, 0.29) is 24.0 Å². The lowest BCUT2D eigenvalue weighted by atomic mass is 10.4. The summed E-state index contributed by atoms with van der Waals surface area (Å²) in [4.78, 5) is 5.50. The van der Waals surface area contributed by atoms with Crippen LogP contribution in [-0.4, -0.2) is 30.8 Å². The van der Waals surface area contributed by atoms with Crippen LogP contribution in [0.5, 0.6) is 0 Å². The lowest BCUT2D eigenvalue weighted by Crippen LogP contribution is -2.43. The zero-order valence-corrected chi connectivity index (χ0v) is 15.2. The van der Waals surface area contributed by atoms with Crippen LogP contribution in [0.3, 0.4) is 0 Å². The quantitative estimate of drug-likeness (QED) is 0.349. The predicted octanol–water partition coefficient (Wildman–Crippen LogP) is 3.36. The molecule has 0 heterocycles. The van der Waals surface area contributed by atoms with Crippen molar-refractivity contribution in [1.29, 1.82) is 0 Å². The molecule has 0 aromatic heterocycles. The van der Waals surface area contributed by atoms with Crippen LogP contribution >= 0.6 is 35.7 Å². The molecule has 0 aliphatic rings. The molecule has 0 saturated heterocycles. The van der Waals surface area contributed by atoms with Crippen molar-refractivity contribution in [1.82, 2.24) is 10.6 Å². The minimum Gasteiger partial charge on any atom is -0.355 e. The molecule has 5 heteroatoms. The van der Waals surface area contributed by atoms with Gasteiger partial charge in [-0.05, 0) is 26.0 Å². The monoisotopic (exact) mass is 393 g/mol. The first-order valence-corrected chi connectivity index (χ1v) is 7.18. The lowest BCUT2D eigenvalue weighted by molar-refractivity contribution is 0.697. The maximum Gasteiger partial charge on any atom is 0.191 e. The van der Waals surface area contributed by atoms with Crippen molar-refractivity contribution in [2.75, 3.05) is 13.6 Å². The van der Waals surface area contributed by atoms with E-state index in [0.717, 1.165) is 12.5 Å². The molecule has 0 radical (unpaired) electrons. The number of guanidine groups is 1. The molecule has 19 heavy (non-hydrogen) atoms. The van der Waals surface area contributed by atoms with Crippen molar-refractivity contribution in [2.45, 2.75) is 37.0 Å². The zero-order valence-electron chi connectivity index (χ0n) is 12.0. The van der Waals surface area contributed by atoms with Crippen LogP contribution in [0.1, 0.15) is 20.8 Å². The number of hydrogen-bond acceptors (Lipinski definition) is 2. The molecule has 2 N–H and O–H groups in total. The van der Waals surface area contributed by atoms with E-state index in [4.69, 9.17) is 0 Å². The Kier molecular flexibility index (Phi) is 10.1. The second-order valence-electron chi connectivity index (χ2n) is 4.49. The van der Waals surface area contributed by atoms with Crippen LogP contribution in [0.4, 0.5) is 0 Å². The van der Waals surface area contributed by atoms with E-state index >= 15 is 0 Å². The Bertz CT molecular complexity index is 368. The summed E-state index contributed by atoms with van der Waals surface area (Å²) in [6, 6.07) is 10.9. The van der Waals surface area contributed by atoms with Gasteiger partial charge in [0, 0.05) is 29.8 Å². The van der Waals surface area contributed by atoms with Crippen LogP contribution in [0.2, 0.25) is 0 Å². The Balaban J connectivity index is 0.00000324. The summed E-state index contributed by atoms with van der Waals surface area (Å²) in [5, 5.41) is 7.12. The molecule has 1 aromatic carbocycles. The van der Waals surface area contributed by atoms with Gasteiger partial charge >= 0.3 is 0 Å². The van der Waals surface area contributed by atoms with Crippen molar-refractivity contribution >= 4 is 41.7 Å². The normalized spacial score (nSPS) is 12.8. The summed E-state index contributed by atoms with van der Waals surface area (Å²) >= 11 is 1.87. The van der Waals surface area contributed by atoms with Gasteiger partial charge in [0.25, 0.3) is 0 Å². The number of benzene rings is 1. The summed E-state index contributed by atoms with van der Waals surface area (Å²) in [5.41, 5.74) is 0. The smallest absolute Gasteiger partial charge is 0.191 e. The van der Waals surface area contributed by atoms with Gasteiger partial charge in [0.1, 0.15) is 0 Å². The average molecular weight is 393 g/mol. The Morgan fingerprint density at radius 1 is 1.21 bits per heavy atom. The van der Waals surface area contributed by atoms with E-state index in [0.29, 0.717) is 11.3 Å². The fourth-order valence-corrected chi connectivity index (χ4v) is 2.43. The van der Waals surface area contributed by atoms with Crippen molar-refractivity contribution in [3.8, 4) is 0 Å². The van der Waals surface area contributed by atoms with Gasteiger partial charge < -0.3 is 10.6 Å². The molecule has 3 nitrogen and oxygen atoms in total. The highest BCUT2D eigenvalue weighted by Crippen LogP contribution is 2.21. The fraction of sp³-hybridized carbons (Fsp3) is 0.500. The molecule has 0 bridgehead atoms. The van der Waals surface area contributed by atoms with Gasteiger partial charge in [0.15, 0.2) is 5.96 Å². The first-order chi connectivity index (χ1) is 8.61. The average Bonchev–Trinajstić information content (AvgIpc) is 2.35. The van der Waals surface area contributed by atoms with Crippen molar-refractivity contribution < 1.29 is 0 Å². The van der Waals surface area contributed by atoms with Crippen molar-refractivity contribution in [2.24, 2.45) is 4.99 Å². The highest BCUT2D eigenvalue weighted by atomic mass is 127. The third kappa shape index (κ3) is 8.36. The first-order valence-electron chi connectivity index (χ1n) is 6.30.